The van der Waals surface area contributed by atoms with Gasteiger partial charge in [-0.2, -0.15) is 0 Å². The van der Waals surface area contributed by atoms with Gasteiger partial charge >= 0.3 is 0 Å². The van der Waals surface area contributed by atoms with Crippen LogP contribution in [0.2, 0.25) is 0 Å². The number of nitro benzene ring substituents is 1. The number of aromatic nitrogens is 1. The van der Waals surface area contributed by atoms with Crippen molar-refractivity contribution in [3.05, 3.63) is 76.5 Å². The second kappa shape index (κ2) is 6.22. The van der Waals surface area contributed by atoms with E-state index in [4.69, 9.17) is 0 Å². The first-order chi connectivity index (χ1) is 10.8. The van der Waals surface area contributed by atoms with Gasteiger partial charge in [0.2, 0.25) is 0 Å². The normalized spacial score (nSPS) is 12.0. The highest BCUT2D eigenvalue weighted by Gasteiger charge is 2.20. The van der Waals surface area contributed by atoms with Crippen molar-refractivity contribution in [2.45, 2.75) is 6.42 Å². The molecule has 0 bridgehead atoms. The zero-order valence-corrected chi connectivity index (χ0v) is 11.9. The maximum absolute atomic E-state index is 10.5. The molecular formula is C17H15N3O2. The van der Waals surface area contributed by atoms with Crippen molar-refractivity contribution in [1.82, 2.24) is 4.98 Å². The summed E-state index contributed by atoms with van der Waals surface area (Å²) in [5.41, 5.74) is 3.04. The lowest BCUT2D eigenvalue weighted by Gasteiger charge is -1.98. The summed E-state index contributed by atoms with van der Waals surface area (Å²) in [6.45, 7) is 0.806. The van der Waals surface area contributed by atoms with Crippen LogP contribution >= 0.6 is 0 Å². The Hall–Kier alpha value is -2.95. The molecule has 1 aromatic heterocycles. The van der Waals surface area contributed by atoms with Crippen molar-refractivity contribution in [2.24, 2.45) is 0 Å². The molecular weight excluding hydrogens is 278 g/mol. The molecule has 22 heavy (non-hydrogen) atoms. The van der Waals surface area contributed by atoms with Gasteiger partial charge in [0.25, 0.3) is 5.69 Å². The molecule has 2 aromatic carbocycles. The van der Waals surface area contributed by atoms with E-state index in [1.807, 2.05) is 36.5 Å². The molecule has 5 heteroatoms. The fourth-order valence-corrected chi connectivity index (χ4v) is 2.51. The van der Waals surface area contributed by atoms with Crippen LogP contribution in [-0.4, -0.2) is 16.5 Å². The van der Waals surface area contributed by atoms with E-state index in [1.165, 1.54) is 5.39 Å². The van der Waals surface area contributed by atoms with Gasteiger partial charge < -0.3 is 5.32 Å². The Morgan fingerprint density at radius 1 is 1.05 bits per heavy atom. The summed E-state index contributed by atoms with van der Waals surface area (Å²) in [5.74, 6) is 0. The Balaban J connectivity index is 0.000000133. The number of hydrogen-bond donors (Lipinski definition) is 1. The van der Waals surface area contributed by atoms with E-state index < -0.39 is 0 Å². The molecule has 0 aliphatic carbocycles. The number of nitro groups is 1. The van der Waals surface area contributed by atoms with Gasteiger partial charge in [0.1, 0.15) is 0 Å². The third-order valence-corrected chi connectivity index (χ3v) is 3.55. The van der Waals surface area contributed by atoms with Gasteiger partial charge in [0.15, 0.2) is 0 Å². The molecule has 0 atom stereocenters. The smallest absolute Gasteiger partial charge is 0.274 e. The Bertz CT molecular complexity index is 752. The van der Waals surface area contributed by atoms with E-state index in [0.29, 0.717) is 0 Å². The fraction of sp³-hybridized carbons (Fsp3) is 0.118. The molecule has 0 saturated heterocycles. The SMILES string of the molecule is O=[N+]([O-])c1cccc2c1CCN2.c1ccc2ncccc2c1. The number of benzene rings is 2. The van der Waals surface area contributed by atoms with Crippen LogP contribution in [0.1, 0.15) is 5.56 Å². The van der Waals surface area contributed by atoms with Crippen molar-refractivity contribution in [3.63, 3.8) is 0 Å². The second-order valence-electron chi connectivity index (χ2n) is 4.93. The predicted octanol–water partition coefficient (Wildman–Crippen LogP) is 3.80. The third-order valence-electron chi connectivity index (χ3n) is 3.55. The lowest BCUT2D eigenvalue weighted by molar-refractivity contribution is -0.385. The quantitative estimate of drug-likeness (QED) is 0.547. The summed E-state index contributed by atoms with van der Waals surface area (Å²) in [4.78, 5) is 14.4. The molecule has 0 unspecified atom stereocenters. The molecule has 1 aliphatic rings. The molecule has 5 nitrogen and oxygen atoms in total. The van der Waals surface area contributed by atoms with Gasteiger partial charge in [-0.15, -0.1) is 0 Å². The maximum atomic E-state index is 10.5. The molecule has 110 valence electrons. The van der Waals surface area contributed by atoms with Crippen LogP contribution in [0.5, 0.6) is 0 Å². The van der Waals surface area contributed by atoms with Crippen molar-refractivity contribution >= 4 is 22.3 Å². The van der Waals surface area contributed by atoms with Crippen molar-refractivity contribution in [2.75, 3.05) is 11.9 Å². The van der Waals surface area contributed by atoms with Gasteiger partial charge in [0, 0.05) is 29.9 Å². The highest BCUT2D eigenvalue weighted by atomic mass is 16.6. The number of anilines is 1. The highest BCUT2D eigenvalue weighted by molar-refractivity contribution is 5.77. The molecule has 0 radical (unpaired) electrons. The first-order valence-electron chi connectivity index (χ1n) is 7.05. The summed E-state index contributed by atoms with van der Waals surface area (Å²) < 4.78 is 0. The highest BCUT2D eigenvalue weighted by Crippen LogP contribution is 2.30. The molecule has 4 rings (SSSR count). The monoisotopic (exact) mass is 293 g/mol. The lowest BCUT2D eigenvalue weighted by atomic mass is 10.1. The minimum Gasteiger partial charge on any atom is -0.384 e. The Morgan fingerprint density at radius 3 is 2.68 bits per heavy atom. The number of para-hydroxylation sites is 1. The van der Waals surface area contributed by atoms with Crippen LogP contribution in [0, 0.1) is 10.1 Å². The van der Waals surface area contributed by atoms with Crippen LogP contribution < -0.4 is 5.32 Å². The summed E-state index contributed by atoms with van der Waals surface area (Å²) >= 11 is 0. The van der Waals surface area contributed by atoms with E-state index in [0.717, 1.165) is 29.7 Å². The molecule has 0 fully saturated rings. The van der Waals surface area contributed by atoms with E-state index >= 15 is 0 Å². The van der Waals surface area contributed by atoms with Gasteiger partial charge in [-0.1, -0.05) is 30.3 Å². The zero-order valence-electron chi connectivity index (χ0n) is 11.9. The molecule has 0 saturated carbocycles. The van der Waals surface area contributed by atoms with Crippen LogP contribution in [0.15, 0.2) is 60.8 Å². The molecule has 1 N–H and O–H groups in total. The van der Waals surface area contributed by atoms with E-state index in [9.17, 15) is 10.1 Å². The number of nitrogens with one attached hydrogen (secondary N) is 1. The topological polar surface area (TPSA) is 68.1 Å². The molecule has 0 amide bonds. The summed E-state index contributed by atoms with van der Waals surface area (Å²) in [6.07, 6.45) is 2.56. The van der Waals surface area contributed by atoms with Crippen LogP contribution in [0.25, 0.3) is 10.9 Å². The second-order valence-corrected chi connectivity index (χ2v) is 4.93. The van der Waals surface area contributed by atoms with Crippen molar-refractivity contribution in [1.29, 1.82) is 0 Å². The van der Waals surface area contributed by atoms with Gasteiger partial charge in [0.05, 0.1) is 16.0 Å². The summed E-state index contributed by atoms with van der Waals surface area (Å²) in [7, 11) is 0. The molecule has 0 spiro atoms. The van der Waals surface area contributed by atoms with Crippen LogP contribution in [0.3, 0.4) is 0 Å². The zero-order chi connectivity index (χ0) is 15.4. The van der Waals surface area contributed by atoms with Crippen molar-refractivity contribution in [3.8, 4) is 0 Å². The minimum absolute atomic E-state index is 0.234. The molecule has 3 aromatic rings. The van der Waals surface area contributed by atoms with Crippen LogP contribution in [-0.2, 0) is 6.42 Å². The summed E-state index contributed by atoms with van der Waals surface area (Å²) in [5, 5.41) is 14.8. The van der Waals surface area contributed by atoms with E-state index in [-0.39, 0.29) is 10.6 Å². The van der Waals surface area contributed by atoms with E-state index in [2.05, 4.69) is 22.4 Å². The third kappa shape index (κ3) is 2.88. The largest absolute Gasteiger partial charge is 0.384 e. The average Bonchev–Trinajstić information content (AvgIpc) is 3.04. The Morgan fingerprint density at radius 2 is 1.86 bits per heavy atom. The number of pyridine rings is 1. The Labute approximate surface area is 127 Å². The number of rotatable bonds is 1. The first kappa shape index (κ1) is 14.0. The lowest BCUT2D eigenvalue weighted by Crippen LogP contribution is -1.92. The van der Waals surface area contributed by atoms with Gasteiger partial charge in [-0.25, -0.2) is 0 Å². The van der Waals surface area contributed by atoms with Crippen molar-refractivity contribution < 1.29 is 4.92 Å². The first-order valence-corrected chi connectivity index (χ1v) is 7.05. The van der Waals surface area contributed by atoms with Crippen LogP contribution in [0.4, 0.5) is 11.4 Å². The number of hydrogen-bond acceptors (Lipinski definition) is 4. The molecule has 1 aliphatic heterocycles. The number of fused-ring (bicyclic) bond motifs is 2. The minimum atomic E-state index is -0.328. The molecule has 2 heterocycles. The fourth-order valence-electron chi connectivity index (χ4n) is 2.51. The number of nitrogens with zero attached hydrogens (tertiary/aromatic N) is 2. The standard InChI is InChI=1S/C9H7N.C8H8N2O2/c1-2-6-9-8(4-1)5-3-7-10-9;11-10(12)8-3-1-2-7-6(8)4-5-9-7/h1-7H;1-3,9H,4-5H2. The van der Waals surface area contributed by atoms with Gasteiger partial charge in [-0.3, -0.25) is 15.1 Å². The predicted molar refractivity (Wildman–Crippen MR) is 87.0 cm³/mol. The van der Waals surface area contributed by atoms with Gasteiger partial charge in [-0.05, 0) is 24.6 Å². The van der Waals surface area contributed by atoms with E-state index in [1.54, 1.807) is 12.1 Å². The maximum Gasteiger partial charge on any atom is 0.274 e. The Kier molecular flexibility index (Phi) is 3.96. The summed E-state index contributed by atoms with van der Waals surface area (Å²) in [6, 6.07) is 17.2. The average molecular weight is 293 g/mol.